The highest BCUT2D eigenvalue weighted by molar-refractivity contribution is 6.30. The van der Waals surface area contributed by atoms with Gasteiger partial charge in [0.15, 0.2) is 12.1 Å². The minimum Gasteiger partial charge on any atom is -0.352 e. The minimum atomic E-state index is -4.51. The zero-order valence-corrected chi connectivity index (χ0v) is 11.0. The van der Waals surface area contributed by atoms with Gasteiger partial charge in [-0.1, -0.05) is 6.07 Å². The SMILES string of the molecule is COC(OC)c1cc(C(F)(F)F)ccc1C(=O)CCl. The molecule has 0 aliphatic carbocycles. The van der Waals surface area contributed by atoms with E-state index in [1.54, 1.807) is 0 Å². The lowest BCUT2D eigenvalue weighted by Gasteiger charge is -2.18. The molecule has 0 saturated carbocycles. The first-order valence-corrected chi connectivity index (χ1v) is 5.74. The lowest BCUT2D eigenvalue weighted by molar-refractivity contribution is -0.138. The Morgan fingerprint density at radius 3 is 2.32 bits per heavy atom. The van der Waals surface area contributed by atoms with Crippen molar-refractivity contribution in [3.8, 4) is 0 Å². The van der Waals surface area contributed by atoms with Gasteiger partial charge in [-0.15, -0.1) is 11.6 Å². The van der Waals surface area contributed by atoms with Crippen LogP contribution in [0, 0.1) is 0 Å². The summed E-state index contributed by atoms with van der Waals surface area (Å²) in [5.74, 6) is -0.831. The number of Topliss-reactive ketones (excluding diaryl/α,β-unsaturated/α-hetero) is 1. The van der Waals surface area contributed by atoms with Crippen LogP contribution in [0.2, 0.25) is 0 Å². The molecule has 0 bridgehead atoms. The average molecular weight is 297 g/mol. The van der Waals surface area contributed by atoms with Crippen LogP contribution >= 0.6 is 11.6 Å². The molecular formula is C12H12ClF3O3. The summed E-state index contributed by atoms with van der Waals surface area (Å²) in [5, 5.41) is 0. The van der Waals surface area contributed by atoms with Gasteiger partial charge in [0.1, 0.15) is 0 Å². The summed E-state index contributed by atoms with van der Waals surface area (Å²) in [7, 11) is 2.53. The number of halogens is 4. The van der Waals surface area contributed by atoms with E-state index in [2.05, 4.69) is 0 Å². The number of ketones is 1. The molecule has 1 rings (SSSR count). The van der Waals surface area contributed by atoms with Crippen LogP contribution < -0.4 is 0 Å². The third kappa shape index (κ3) is 3.68. The third-order valence-corrected chi connectivity index (χ3v) is 2.73. The molecule has 0 heterocycles. The van der Waals surface area contributed by atoms with Gasteiger partial charge in [-0.05, 0) is 12.1 Å². The number of alkyl halides is 4. The van der Waals surface area contributed by atoms with Gasteiger partial charge in [0.25, 0.3) is 0 Å². The number of carbonyl (C=O) groups excluding carboxylic acids is 1. The fourth-order valence-corrected chi connectivity index (χ4v) is 1.75. The highest BCUT2D eigenvalue weighted by Gasteiger charge is 2.32. The number of hydrogen-bond acceptors (Lipinski definition) is 3. The second-order valence-corrected chi connectivity index (χ2v) is 3.93. The molecule has 0 aliphatic rings. The summed E-state index contributed by atoms with van der Waals surface area (Å²) in [6.07, 6.45) is -5.58. The molecule has 19 heavy (non-hydrogen) atoms. The Hall–Kier alpha value is -1.11. The van der Waals surface area contributed by atoms with E-state index in [9.17, 15) is 18.0 Å². The first-order valence-electron chi connectivity index (χ1n) is 5.21. The maximum Gasteiger partial charge on any atom is 0.416 e. The molecule has 7 heteroatoms. The van der Waals surface area contributed by atoms with Gasteiger partial charge < -0.3 is 9.47 Å². The Morgan fingerprint density at radius 2 is 1.89 bits per heavy atom. The van der Waals surface area contributed by atoms with Crippen molar-refractivity contribution in [2.75, 3.05) is 20.1 Å². The van der Waals surface area contributed by atoms with Crippen molar-refractivity contribution in [1.29, 1.82) is 0 Å². The summed E-state index contributed by atoms with van der Waals surface area (Å²) in [5.41, 5.74) is -0.824. The number of hydrogen-bond donors (Lipinski definition) is 0. The smallest absolute Gasteiger partial charge is 0.352 e. The fourth-order valence-electron chi connectivity index (χ4n) is 1.61. The molecular weight excluding hydrogens is 285 g/mol. The summed E-state index contributed by atoms with van der Waals surface area (Å²) < 4.78 is 47.8. The van der Waals surface area contributed by atoms with Gasteiger partial charge >= 0.3 is 6.18 Å². The van der Waals surface area contributed by atoms with Crippen molar-refractivity contribution in [3.63, 3.8) is 0 Å². The van der Waals surface area contributed by atoms with E-state index in [4.69, 9.17) is 21.1 Å². The summed E-state index contributed by atoms with van der Waals surface area (Å²) >= 11 is 5.43. The zero-order valence-electron chi connectivity index (χ0n) is 10.3. The molecule has 0 fully saturated rings. The second-order valence-electron chi connectivity index (χ2n) is 3.66. The number of carbonyl (C=O) groups is 1. The first kappa shape index (κ1) is 15.9. The Labute approximate surface area is 113 Å². The van der Waals surface area contributed by atoms with Gasteiger partial charge in [-0.3, -0.25) is 4.79 Å². The van der Waals surface area contributed by atoms with E-state index in [0.29, 0.717) is 0 Å². The molecule has 3 nitrogen and oxygen atoms in total. The van der Waals surface area contributed by atoms with Crippen LogP contribution in [0.4, 0.5) is 13.2 Å². The normalized spacial score (nSPS) is 11.9. The number of benzene rings is 1. The number of rotatable bonds is 5. The maximum absolute atomic E-state index is 12.7. The van der Waals surface area contributed by atoms with Crippen molar-refractivity contribution in [2.45, 2.75) is 12.5 Å². The molecule has 0 atom stereocenters. The maximum atomic E-state index is 12.7. The third-order valence-electron chi connectivity index (χ3n) is 2.48. The molecule has 0 saturated heterocycles. The van der Waals surface area contributed by atoms with Crippen molar-refractivity contribution in [2.24, 2.45) is 0 Å². The standard InChI is InChI=1S/C12H12ClF3O3/c1-18-11(19-2)9-5-7(12(14,15)16)3-4-8(9)10(17)6-13/h3-5,11H,6H2,1-2H3. The summed E-state index contributed by atoms with van der Waals surface area (Å²) in [4.78, 5) is 11.6. The molecule has 1 aromatic carbocycles. The van der Waals surface area contributed by atoms with Gasteiger partial charge in [-0.2, -0.15) is 13.2 Å². The highest BCUT2D eigenvalue weighted by atomic mass is 35.5. The molecule has 1 aromatic rings. The van der Waals surface area contributed by atoms with Gasteiger partial charge in [-0.25, -0.2) is 0 Å². The Bertz CT molecular complexity index is 456. The lowest BCUT2D eigenvalue weighted by atomic mass is 10.0. The van der Waals surface area contributed by atoms with Gasteiger partial charge in [0, 0.05) is 25.3 Å². The molecule has 0 amide bonds. The largest absolute Gasteiger partial charge is 0.416 e. The van der Waals surface area contributed by atoms with Crippen LogP contribution in [-0.4, -0.2) is 25.9 Å². The van der Waals surface area contributed by atoms with Crippen molar-refractivity contribution >= 4 is 17.4 Å². The van der Waals surface area contributed by atoms with E-state index >= 15 is 0 Å². The molecule has 106 valence electrons. The van der Waals surface area contributed by atoms with E-state index in [1.807, 2.05) is 0 Å². The van der Waals surface area contributed by atoms with Gasteiger partial charge in [0.2, 0.25) is 0 Å². The molecule has 0 N–H and O–H groups in total. The van der Waals surface area contributed by atoms with E-state index in [1.165, 1.54) is 14.2 Å². The second kappa shape index (κ2) is 6.36. The van der Waals surface area contributed by atoms with Crippen LogP contribution in [0.1, 0.15) is 27.8 Å². The molecule has 0 radical (unpaired) electrons. The summed E-state index contributed by atoms with van der Waals surface area (Å²) in [6, 6.07) is 2.73. The van der Waals surface area contributed by atoms with Crippen molar-refractivity contribution in [1.82, 2.24) is 0 Å². The van der Waals surface area contributed by atoms with E-state index < -0.39 is 23.8 Å². The minimum absolute atomic E-state index is 0.00507. The number of methoxy groups -OCH3 is 2. The average Bonchev–Trinajstić information content (AvgIpc) is 2.38. The monoisotopic (exact) mass is 296 g/mol. The highest BCUT2D eigenvalue weighted by Crippen LogP contribution is 2.33. The molecule has 0 aromatic heterocycles. The topological polar surface area (TPSA) is 35.5 Å². The zero-order chi connectivity index (χ0) is 14.6. The molecule has 0 aliphatic heterocycles. The van der Waals surface area contributed by atoms with Crippen LogP contribution in [-0.2, 0) is 15.7 Å². The molecule has 0 unspecified atom stereocenters. The van der Waals surface area contributed by atoms with Gasteiger partial charge in [0.05, 0.1) is 11.4 Å². The van der Waals surface area contributed by atoms with E-state index in [0.717, 1.165) is 18.2 Å². The van der Waals surface area contributed by atoms with Crippen molar-refractivity contribution in [3.05, 3.63) is 34.9 Å². The Balaban J connectivity index is 3.38. The van der Waals surface area contributed by atoms with Crippen LogP contribution in [0.15, 0.2) is 18.2 Å². The Morgan fingerprint density at radius 1 is 1.32 bits per heavy atom. The summed E-state index contributed by atoms with van der Waals surface area (Å²) in [6.45, 7) is 0. The first-order chi connectivity index (χ1) is 8.85. The molecule has 0 spiro atoms. The van der Waals surface area contributed by atoms with E-state index in [-0.39, 0.29) is 17.0 Å². The van der Waals surface area contributed by atoms with Crippen LogP contribution in [0.3, 0.4) is 0 Å². The number of ether oxygens (including phenoxy) is 2. The van der Waals surface area contributed by atoms with Crippen LogP contribution in [0.5, 0.6) is 0 Å². The predicted octanol–water partition coefficient (Wildman–Crippen LogP) is 3.42. The van der Waals surface area contributed by atoms with Crippen LogP contribution in [0.25, 0.3) is 0 Å². The quantitative estimate of drug-likeness (QED) is 0.474. The lowest BCUT2D eigenvalue weighted by Crippen LogP contribution is -2.15. The van der Waals surface area contributed by atoms with Crippen molar-refractivity contribution < 1.29 is 27.4 Å². The fraction of sp³-hybridized carbons (Fsp3) is 0.417. The predicted molar refractivity (Wildman–Crippen MR) is 63.3 cm³/mol. The Kier molecular flexibility index (Phi) is 5.34.